The fourth-order valence-corrected chi connectivity index (χ4v) is 3.15. The van der Waals surface area contributed by atoms with Crippen molar-refractivity contribution < 1.29 is 14.3 Å². The van der Waals surface area contributed by atoms with Crippen molar-refractivity contribution in [2.75, 3.05) is 13.1 Å². The number of phenols is 1. The molecule has 1 aromatic heterocycles. The van der Waals surface area contributed by atoms with Crippen molar-refractivity contribution in [3.63, 3.8) is 0 Å². The number of hydrogen-bond donors (Lipinski definition) is 1. The first-order valence-corrected chi connectivity index (χ1v) is 9.49. The third-order valence-electron chi connectivity index (χ3n) is 4.65. The molecule has 0 spiro atoms. The number of phenolic OH excluding ortho intramolecular Hbond substituents is 1. The highest BCUT2D eigenvalue weighted by molar-refractivity contribution is 5.78. The lowest BCUT2D eigenvalue weighted by molar-refractivity contribution is -0.133. The van der Waals surface area contributed by atoms with E-state index in [2.05, 4.69) is 0 Å². The molecule has 0 atom stereocenters. The third-order valence-corrected chi connectivity index (χ3v) is 4.65. The number of hydrogen-bond acceptors (Lipinski definition) is 4. The molecule has 0 unspecified atom stereocenters. The van der Waals surface area contributed by atoms with Crippen LogP contribution < -0.4 is 0 Å². The summed E-state index contributed by atoms with van der Waals surface area (Å²) >= 11 is 0. The minimum Gasteiger partial charge on any atom is -0.508 e. The molecule has 3 rings (SSSR count). The van der Waals surface area contributed by atoms with Gasteiger partial charge in [0, 0.05) is 25.2 Å². The lowest BCUT2D eigenvalue weighted by atomic mass is 10.1. The molecule has 1 amide bonds. The average Bonchev–Trinajstić information content (AvgIpc) is 3.21. The number of benzene rings is 2. The number of amides is 1. The topological polar surface area (TPSA) is 56.9 Å². The predicted molar refractivity (Wildman–Crippen MR) is 108 cm³/mol. The summed E-state index contributed by atoms with van der Waals surface area (Å²) in [5.41, 5.74) is 1.89. The van der Waals surface area contributed by atoms with Crippen LogP contribution in [0.5, 0.6) is 5.75 Å². The Bertz CT molecular complexity index is 863. The lowest BCUT2D eigenvalue weighted by Gasteiger charge is -2.26. The Morgan fingerprint density at radius 3 is 2.36 bits per heavy atom. The molecule has 146 valence electrons. The number of para-hydroxylation sites is 1. The molecule has 1 heterocycles. The van der Waals surface area contributed by atoms with Gasteiger partial charge >= 0.3 is 0 Å². The molecule has 5 nitrogen and oxygen atoms in total. The van der Waals surface area contributed by atoms with Crippen molar-refractivity contribution >= 4 is 5.91 Å². The van der Waals surface area contributed by atoms with Gasteiger partial charge in [0.15, 0.2) is 0 Å². The summed E-state index contributed by atoms with van der Waals surface area (Å²) in [5, 5.41) is 10.1. The maximum atomic E-state index is 13.0. The number of aromatic hydroxyl groups is 1. The van der Waals surface area contributed by atoms with E-state index in [-0.39, 0.29) is 18.2 Å². The van der Waals surface area contributed by atoms with Gasteiger partial charge in [-0.05, 0) is 30.7 Å². The van der Waals surface area contributed by atoms with Crippen LogP contribution >= 0.6 is 0 Å². The Morgan fingerprint density at radius 1 is 0.929 bits per heavy atom. The van der Waals surface area contributed by atoms with Gasteiger partial charge in [0.2, 0.25) is 5.91 Å². The Labute approximate surface area is 165 Å². The minimum atomic E-state index is 0.0494. The fourth-order valence-electron chi connectivity index (χ4n) is 3.15. The van der Waals surface area contributed by atoms with Gasteiger partial charge in [-0.1, -0.05) is 48.5 Å². The van der Waals surface area contributed by atoms with Crippen LogP contribution in [0, 0.1) is 0 Å². The van der Waals surface area contributed by atoms with Gasteiger partial charge in [0.1, 0.15) is 11.5 Å². The van der Waals surface area contributed by atoms with Gasteiger partial charge < -0.3 is 14.4 Å². The van der Waals surface area contributed by atoms with Crippen LogP contribution in [0.4, 0.5) is 0 Å². The zero-order valence-corrected chi connectivity index (χ0v) is 16.1. The Kier molecular flexibility index (Phi) is 6.87. The van der Waals surface area contributed by atoms with Gasteiger partial charge in [0.05, 0.1) is 19.4 Å². The van der Waals surface area contributed by atoms with Crippen LogP contribution in [0.2, 0.25) is 0 Å². The van der Waals surface area contributed by atoms with E-state index in [9.17, 15) is 9.90 Å². The molecule has 2 aromatic carbocycles. The summed E-state index contributed by atoms with van der Waals surface area (Å²) in [5.74, 6) is 1.07. The molecule has 0 aliphatic heterocycles. The van der Waals surface area contributed by atoms with Crippen molar-refractivity contribution in [2.24, 2.45) is 0 Å². The van der Waals surface area contributed by atoms with Crippen LogP contribution in [0.3, 0.4) is 0 Å². The Morgan fingerprint density at radius 2 is 1.68 bits per heavy atom. The maximum Gasteiger partial charge on any atom is 0.237 e. The zero-order chi connectivity index (χ0) is 19.8. The molecule has 0 saturated carbocycles. The highest BCUT2D eigenvalue weighted by Crippen LogP contribution is 2.19. The van der Waals surface area contributed by atoms with Crippen molar-refractivity contribution in [3.05, 3.63) is 89.9 Å². The van der Waals surface area contributed by atoms with Crippen molar-refractivity contribution in [3.8, 4) is 5.75 Å². The standard InChI is InChI=1S/C23H26N2O3/c1-2-25(15-19-9-4-3-5-10-19)23(27)18-24(17-21-12-8-14-28-21)16-20-11-6-7-13-22(20)26/h3-14,26H,2,15-18H2,1H3. The number of nitrogens with zero attached hydrogens (tertiary/aromatic N) is 2. The summed E-state index contributed by atoms with van der Waals surface area (Å²) < 4.78 is 5.47. The van der Waals surface area contributed by atoms with E-state index in [1.54, 1.807) is 18.4 Å². The van der Waals surface area contributed by atoms with E-state index >= 15 is 0 Å². The Hall–Kier alpha value is -3.05. The van der Waals surface area contributed by atoms with Gasteiger partial charge in [-0.25, -0.2) is 0 Å². The molecular formula is C23H26N2O3. The second-order valence-electron chi connectivity index (χ2n) is 6.75. The molecule has 1 N–H and O–H groups in total. The second-order valence-corrected chi connectivity index (χ2v) is 6.75. The first-order chi connectivity index (χ1) is 13.7. The highest BCUT2D eigenvalue weighted by Gasteiger charge is 2.19. The van der Waals surface area contributed by atoms with Gasteiger partial charge in [-0.15, -0.1) is 0 Å². The number of carbonyl (C=O) groups excluding carboxylic acids is 1. The molecule has 28 heavy (non-hydrogen) atoms. The number of rotatable bonds is 9. The highest BCUT2D eigenvalue weighted by atomic mass is 16.3. The van der Waals surface area contributed by atoms with Crippen LogP contribution in [-0.2, 0) is 24.4 Å². The zero-order valence-electron chi connectivity index (χ0n) is 16.1. The number of furan rings is 1. The molecule has 3 aromatic rings. The average molecular weight is 378 g/mol. The Balaban J connectivity index is 1.71. The van der Waals surface area contributed by atoms with Crippen LogP contribution in [0.1, 0.15) is 23.8 Å². The van der Waals surface area contributed by atoms with Gasteiger partial charge in [0.25, 0.3) is 0 Å². The molecule has 0 fully saturated rings. The molecule has 0 bridgehead atoms. The largest absolute Gasteiger partial charge is 0.508 e. The van der Waals surface area contributed by atoms with E-state index in [0.29, 0.717) is 26.2 Å². The molecule has 0 aliphatic carbocycles. The quantitative estimate of drug-likeness (QED) is 0.611. The summed E-state index contributed by atoms with van der Waals surface area (Å²) in [6.45, 7) is 4.41. The molecule has 5 heteroatoms. The van der Waals surface area contributed by atoms with Crippen LogP contribution in [-0.4, -0.2) is 33.9 Å². The van der Waals surface area contributed by atoms with Crippen LogP contribution in [0.15, 0.2) is 77.4 Å². The maximum absolute atomic E-state index is 13.0. The third kappa shape index (κ3) is 5.47. The van der Waals surface area contributed by atoms with Gasteiger partial charge in [-0.2, -0.15) is 0 Å². The number of likely N-dealkylation sites (N-methyl/N-ethyl adjacent to an activating group) is 1. The van der Waals surface area contributed by atoms with Crippen molar-refractivity contribution in [2.45, 2.75) is 26.6 Å². The van der Waals surface area contributed by atoms with E-state index in [1.807, 2.05) is 71.3 Å². The van der Waals surface area contributed by atoms with Gasteiger partial charge in [-0.3, -0.25) is 9.69 Å². The minimum absolute atomic E-state index is 0.0494. The predicted octanol–water partition coefficient (Wildman–Crippen LogP) is 4.04. The first-order valence-electron chi connectivity index (χ1n) is 9.49. The molecule has 0 saturated heterocycles. The monoisotopic (exact) mass is 378 g/mol. The summed E-state index contributed by atoms with van der Waals surface area (Å²) in [6.07, 6.45) is 1.63. The van der Waals surface area contributed by atoms with E-state index in [0.717, 1.165) is 16.9 Å². The van der Waals surface area contributed by atoms with E-state index in [1.165, 1.54) is 0 Å². The first kappa shape index (κ1) is 19.7. The van der Waals surface area contributed by atoms with Crippen molar-refractivity contribution in [1.82, 2.24) is 9.80 Å². The van der Waals surface area contributed by atoms with E-state index < -0.39 is 0 Å². The molecule has 0 radical (unpaired) electrons. The smallest absolute Gasteiger partial charge is 0.237 e. The van der Waals surface area contributed by atoms with Crippen molar-refractivity contribution in [1.29, 1.82) is 0 Å². The fraction of sp³-hybridized carbons (Fsp3) is 0.261. The molecule has 0 aliphatic rings. The SMILES string of the molecule is CCN(Cc1ccccc1)C(=O)CN(Cc1ccco1)Cc1ccccc1O. The summed E-state index contributed by atoms with van der Waals surface area (Å²) in [6, 6.07) is 20.9. The lowest BCUT2D eigenvalue weighted by Crippen LogP contribution is -2.39. The number of carbonyl (C=O) groups is 1. The normalized spacial score (nSPS) is 10.9. The van der Waals surface area contributed by atoms with Crippen LogP contribution in [0.25, 0.3) is 0 Å². The summed E-state index contributed by atoms with van der Waals surface area (Å²) in [7, 11) is 0. The summed E-state index contributed by atoms with van der Waals surface area (Å²) in [4.78, 5) is 16.8. The molecular weight excluding hydrogens is 352 g/mol. The van der Waals surface area contributed by atoms with E-state index in [4.69, 9.17) is 4.42 Å². The second kappa shape index (κ2) is 9.76.